The molecule has 0 amide bonds. The number of halogens is 2. The predicted octanol–water partition coefficient (Wildman–Crippen LogP) is 5.85. The van der Waals surface area contributed by atoms with Gasteiger partial charge in [0.2, 0.25) is 5.95 Å². The fourth-order valence-electron chi connectivity index (χ4n) is 2.87. The Morgan fingerprint density at radius 1 is 1.06 bits per heavy atom. The number of nitrogens with two attached hydrogens (primary N) is 1. The van der Waals surface area contributed by atoms with E-state index >= 15 is 0 Å². The van der Waals surface area contributed by atoms with E-state index in [-0.39, 0.29) is 5.82 Å². The molecular formula is C26H25F2N5. The number of aromatic nitrogens is 1. The summed E-state index contributed by atoms with van der Waals surface area (Å²) in [6.07, 6.45) is 7.78. The molecule has 0 aliphatic carbocycles. The average molecular weight is 446 g/mol. The van der Waals surface area contributed by atoms with Gasteiger partial charge in [-0.1, -0.05) is 30.3 Å². The van der Waals surface area contributed by atoms with Crippen molar-refractivity contribution >= 4 is 24.8 Å². The van der Waals surface area contributed by atoms with Crippen LogP contribution >= 0.6 is 0 Å². The van der Waals surface area contributed by atoms with Crippen LogP contribution in [0.4, 0.5) is 14.5 Å². The fraction of sp³-hybridized carbons (Fsp3) is 0.0769. The van der Waals surface area contributed by atoms with Crippen LogP contribution in [0.1, 0.15) is 11.1 Å². The minimum Gasteiger partial charge on any atom is -0.333 e. The van der Waals surface area contributed by atoms with E-state index in [9.17, 15) is 8.78 Å². The summed E-state index contributed by atoms with van der Waals surface area (Å²) < 4.78 is 26.7. The summed E-state index contributed by atoms with van der Waals surface area (Å²) in [7, 11) is 1.50. The van der Waals surface area contributed by atoms with Crippen LogP contribution < -0.4 is 5.73 Å². The normalized spacial score (nSPS) is 11.6. The van der Waals surface area contributed by atoms with Crippen LogP contribution in [0.25, 0.3) is 11.1 Å². The molecule has 7 heteroatoms. The number of rotatable bonds is 8. The Hall–Kier alpha value is -4.10. The number of aliphatic imine (C=N–C) groups is 3. The second-order valence-corrected chi connectivity index (χ2v) is 6.47. The number of pyridine rings is 1. The Balaban J connectivity index is 0.00000187. The number of hydrogen-bond acceptors (Lipinski definition) is 5. The van der Waals surface area contributed by atoms with E-state index < -0.39 is 5.95 Å². The predicted molar refractivity (Wildman–Crippen MR) is 134 cm³/mol. The fourth-order valence-corrected chi connectivity index (χ4v) is 2.87. The Kier molecular flexibility index (Phi) is 10.2. The molecule has 0 fully saturated rings. The highest BCUT2D eigenvalue weighted by atomic mass is 19.1. The number of allylic oxidation sites excluding steroid dienone is 3. The maximum absolute atomic E-state index is 13.4. The minimum absolute atomic E-state index is 0.306. The Bertz CT molecular complexity index is 1150. The molecule has 0 saturated carbocycles. The van der Waals surface area contributed by atoms with E-state index in [0.29, 0.717) is 23.5 Å². The maximum atomic E-state index is 13.4. The molecule has 2 aromatic carbocycles. The first-order valence-electron chi connectivity index (χ1n) is 9.99. The number of nitrogens with zero attached hydrogens (tertiary/aromatic N) is 4. The second kappa shape index (κ2) is 13.3. The van der Waals surface area contributed by atoms with Gasteiger partial charge >= 0.3 is 0 Å². The van der Waals surface area contributed by atoms with Crippen molar-refractivity contribution in [1.29, 1.82) is 0 Å². The summed E-state index contributed by atoms with van der Waals surface area (Å²) >= 11 is 0. The van der Waals surface area contributed by atoms with Gasteiger partial charge in [-0.05, 0) is 79.7 Å². The van der Waals surface area contributed by atoms with Crippen molar-refractivity contribution in [3.63, 3.8) is 0 Å². The third kappa shape index (κ3) is 7.52. The highest BCUT2D eigenvalue weighted by Gasteiger charge is 2.10. The molecule has 0 atom stereocenters. The molecule has 168 valence electrons. The molecule has 1 heterocycles. The molecule has 5 nitrogen and oxygen atoms in total. The van der Waals surface area contributed by atoms with Crippen LogP contribution in [-0.4, -0.2) is 31.2 Å². The lowest BCUT2D eigenvalue weighted by atomic mass is 9.99. The first kappa shape index (κ1) is 25.2. The van der Waals surface area contributed by atoms with Gasteiger partial charge in [-0.2, -0.15) is 4.39 Å². The number of hydrogen-bond donors (Lipinski definition) is 1. The first-order chi connectivity index (χ1) is 16.1. The van der Waals surface area contributed by atoms with Crippen molar-refractivity contribution in [3.8, 4) is 11.1 Å². The molecule has 0 radical (unpaired) electrons. The minimum atomic E-state index is -0.704. The van der Waals surface area contributed by atoms with Crippen LogP contribution in [0.15, 0.2) is 106 Å². The number of benzene rings is 2. The van der Waals surface area contributed by atoms with Crippen LogP contribution in [0.3, 0.4) is 0 Å². The van der Waals surface area contributed by atoms with Gasteiger partial charge in [0.25, 0.3) is 0 Å². The van der Waals surface area contributed by atoms with Gasteiger partial charge < -0.3 is 5.73 Å². The van der Waals surface area contributed by atoms with Gasteiger partial charge in [0.05, 0.1) is 17.9 Å². The molecule has 2 N–H and O–H groups in total. The highest BCUT2D eigenvalue weighted by Crippen LogP contribution is 2.28. The Labute approximate surface area is 192 Å². The molecule has 0 saturated heterocycles. The smallest absolute Gasteiger partial charge is 0.212 e. The maximum Gasteiger partial charge on any atom is 0.212 e. The highest BCUT2D eigenvalue weighted by molar-refractivity contribution is 6.12. The first-order valence-corrected chi connectivity index (χ1v) is 9.99. The van der Waals surface area contributed by atoms with Crippen molar-refractivity contribution in [1.82, 2.24) is 4.98 Å². The monoisotopic (exact) mass is 445 g/mol. The largest absolute Gasteiger partial charge is 0.333 e. The van der Waals surface area contributed by atoms with Crippen LogP contribution in [0, 0.1) is 5.82 Å². The lowest BCUT2D eigenvalue weighted by Crippen LogP contribution is -2.00. The molecule has 0 bridgehead atoms. The lowest BCUT2D eigenvalue weighted by molar-refractivity contribution is 0.628. The zero-order valence-electron chi connectivity index (χ0n) is 18.3. The summed E-state index contributed by atoms with van der Waals surface area (Å²) in [6, 6.07) is 15.6. The summed E-state index contributed by atoms with van der Waals surface area (Å²) in [5.41, 5.74) is 9.02. The van der Waals surface area contributed by atoms with Crippen molar-refractivity contribution in [2.75, 3.05) is 7.05 Å². The van der Waals surface area contributed by atoms with E-state index in [1.165, 1.54) is 31.3 Å². The molecule has 0 spiro atoms. The second-order valence-electron chi connectivity index (χ2n) is 6.47. The molecule has 1 aromatic heterocycles. The Morgan fingerprint density at radius 3 is 2.42 bits per heavy atom. The van der Waals surface area contributed by atoms with Gasteiger partial charge in [0.1, 0.15) is 5.82 Å². The summed E-state index contributed by atoms with van der Waals surface area (Å²) in [6.45, 7) is 7.17. The molecule has 3 rings (SSSR count). The van der Waals surface area contributed by atoms with Crippen molar-refractivity contribution in [2.24, 2.45) is 20.7 Å². The van der Waals surface area contributed by atoms with E-state index in [2.05, 4.69) is 39.1 Å². The van der Waals surface area contributed by atoms with Crippen molar-refractivity contribution < 1.29 is 8.78 Å². The summed E-state index contributed by atoms with van der Waals surface area (Å²) in [4.78, 5) is 16.1. The molecule has 33 heavy (non-hydrogen) atoms. The SMILES string of the molecule is C=N/C(F)=C\C=C/C(=NCc1cccnc1)c1cc(-c2ccc(F)cc2)ccc1N=C.CN. The van der Waals surface area contributed by atoms with Gasteiger partial charge in [0.15, 0.2) is 0 Å². The average Bonchev–Trinajstić information content (AvgIpc) is 2.87. The van der Waals surface area contributed by atoms with Gasteiger partial charge in [-0.15, -0.1) is 0 Å². The quantitative estimate of drug-likeness (QED) is 0.268. The van der Waals surface area contributed by atoms with E-state index in [4.69, 9.17) is 0 Å². The standard InChI is InChI=1S/C25H20F2N4.CH5N/c1-28-23-13-10-20(19-8-11-21(26)12-9-19)15-22(23)24(6-3-7-25(27)29-2)31-17-18-5-4-14-30-16-18;1-2/h3-16H,1-2,17H2;2H2,1H3/b6-3-,25-7-,31-24?;. The zero-order chi connectivity index (χ0) is 24.1. The van der Waals surface area contributed by atoms with Crippen molar-refractivity contribution in [2.45, 2.75) is 6.54 Å². The summed E-state index contributed by atoms with van der Waals surface area (Å²) in [5.74, 6) is -1.01. The third-order valence-electron chi connectivity index (χ3n) is 4.41. The molecular weight excluding hydrogens is 420 g/mol. The third-order valence-corrected chi connectivity index (χ3v) is 4.41. The lowest BCUT2D eigenvalue weighted by Gasteiger charge is -2.10. The van der Waals surface area contributed by atoms with Crippen LogP contribution in [0.2, 0.25) is 0 Å². The van der Waals surface area contributed by atoms with Gasteiger partial charge in [-0.25, -0.2) is 9.38 Å². The molecule has 3 aromatic rings. The van der Waals surface area contributed by atoms with E-state index in [1.807, 2.05) is 30.3 Å². The van der Waals surface area contributed by atoms with Crippen LogP contribution in [-0.2, 0) is 6.54 Å². The van der Waals surface area contributed by atoms with E-state index in [1.54, 1.807) is 30.6 Å². The molecule has 0 unspecified atom stereocenters. The van der Waals surface area contributed by atoms with Gasteiger partial charge in [-0.3, -0.25) is 15.0 Å². The van der Waals surface area contributed by atoms with Gasteiger partial charge in [0, 0.05) is 18.0 Å². The van der Waals surface area contributed by atoms with Crippen molar-refractivity contribution in [3.05, 3.63) is 108 Å². The Morgan fingerprint density at radius 2 is 1.79 bits per heavy atom. The topological polar surface area (TPSA) is 76.0 Å². The molecule has 0 aliphatic heterocycles. The molecule has 0 aliphatic rings. The summed E-state index contributed by atoms with van der Waals surface area (Å²) in [5, 5.41) is 0. The van der Waals surface area contributed by atoms with E-state index in [0.717, 1.165) is 16.7 Å². The van der Waals surface area contributed by atoms with Crippen LogP contribution in [0.5, 0.6) is 0 Å². The zero-order valence-corrected chi connectivity index (χ0v) is 18.3.